The van der Waals surface area contributed by atoms with Gasteiger partial charge in [-0.15, -0.1) is 0 Å². The van der Waals surface area contributed by atoms with E-state index < -0.39 is 24.0 Å². The van der Waals surface area contributed by atoms with Crippen LogP contribution in [0, 0.1) is 0 Å². The Morgan fingerprint density at radius 1 is 1.13 bits per heavy atom. The van der Waals surface area contributed by atoms with E-state index in [1.165, 1.54) is 0 Å². The summed E-state index contributed by atoms with van der Waals surface area (Å²) in [5.74, 6) is -0.715. The lowest BCUT2D eigenvalue weighted by atomic mass is 9.92. The van der Waals surface area contributed by atoms with Gasteiger partial charge in [0.1, 0.15) is 17.5 Å². The standard InChI is InChI=1S/C30H39BrN2O6/c1-8-37-28(35)26-25(38-30(5,6)39-26)20-16-19-17(15-21(20)36-7)12-14-32-23(19)22(31)18-11-9-10-13-33(29(2,3)4)27(34)24(18)32/h15-16,25-26H,8-14H2,1-7H3. The summed E-state index contributed by atoms with van der Waals surface area (Å²) in [6.07, 6.45) is 1.95. The van der Waals surface area contributed by atoms with Crippen LogP contribution >= 0.6 is 15.9 Å². The Morgan fingerprint density at radius 2 is 1.87 bits per heavy atom. The summed E-state index contributed by atoms with van der Waals surface area (Å²) in [4.78, 5) is 28.9. The maximum absolute atomic E-state index is 14.0. The van der Waals surface area contributed by atoms with Crippen molar-refractivity contribution in [3.63, 3.8) is 0 Å². The van der Waals surface area contributed by atoms with Crippen LogP contribution in [0.1, 0.15) is 87.7 Å². The Bertz CT molecular complexity index is 1310. The lowest BCUT2D eigenvalue weighted by Gasteiger charge is -2.37. The Morgan fingerprint density at radius 3 is 2.54 bits per heavy atom. The van der Waals surface area contributed by atoms with E-state index >= 15 is 0 Å². The molecular weight excluding hydrogens is 564 g/mol. The predicted molar refractivity (Wildman–Crippen MR) is 151 cm³/mol. The molecule has 3 aliphatic heterocycles. The number of esters is 1. The largest absolute Gasteiger partial charge is 0.496 e. The molecule has 0 saturated carbocycles. The van der Waals surface area contributed by atoms with Crippen molar-refractivity contribution >= 4 is 27.8 Å². The number of rotatable bonds is 4. The average Bonchev–Trinajstić information content (AvgIpc) is 3.33. The number of methoxy groups -OCH3 is 1. The Kier molecular flexibility index (Phi) is 7.40. The van der Waals surface area contributed by atoms with Crippen LogP contribution in [0.25, 0.3) is 11.3 Å². The van der Waals surface area contributed by atoms with Crippen molar-refractivity contribution in [3.05, 3.63) is 39.0 Å². The van der Waals surface area contributed by atoms with Crippen molar-refractivity contribution in [2.45, 2.75) is 97.3 Å². The van der Waals surface area contributed by atoms with E-state index in [1.54, 1.807) is 27.9 Å². The van der Waals surface area contributed by atoms with Crippen molar-refractivity contribution in [3.8, 4) is 17.0 Å². The van der Waals surface area contributed by atoms with Gasteiger partial charge in [0, 0.05) is 34.2 Å². The predicted octanol–water partition coefficient (Wildman–Crippen LogP) is 5.82. The summed E-state index contributed by atoms with van der Waals surface area (Å²) < 4.78 is 26.6. The minimum Gasteiger partial charge on any atom is -0.496 e. The molecule has 5 rings (SSSR count). The molecule has 3 aliphatic rings. The van der Waals surface area contributed by atoms with Gasteiger partial charge in [-0.2, -0.15) is 0 Å². The van der Waals surface area contributed by atoms with Crippen molar-refractivity contribution in [1.29, 1.82) is 0 Å². The van der Waals surface area contributed by atoms with Crippen LogP contribution in [0.2, 0.25) is 0 Å². The third-order valence-electron chi connectivity index (χ3n) is 7.85. The molecule has 1 saturated heterocycles. The van der Waals surface area contributed by atoms with Crippen LogP contribution in [0.4, 0.5) is 0 Å². The number of amides is 1. The fraction of sp³-hybridized carbons (Fsp3) is 0.600. The Labute approximate surface area is 239 Å². The third-order valence-corrected chi connectivity index (χ3v) is 8.71. The summed E-state index contributed by atoms with van der Waals surface area (Å²) in [7, 11) is 1.62. The van der Waals surface area contributed by atoms with E-state index in [9.17, 15) is 9.59 Å². The molecule has 4 heterocycles. The van der Waals surface area contributed by atoms with Crippen molar-refractivity contribution in [2.75, 3.05) is 20.3 Å². The van der Waals surface area contributed by atoms with E-state index in [0.717, 1.165) is 70.3 Å². The zero-order chi connectivity index (χ0) is 28.3. The van der Waals surface area contributed by atoms with Gasteiger partial charge >= 0.3 is 5.97 Å². The molecule has 0 spiro atoms. The highest BCUT2D eigenvalue weighted by Crippen LogP contribution is 2.48. The fourth-order valence-corrected chi connectivity index (χ4v) is 6.94. The lowest BCUT2D eigenvalue weighted by molar-refractivity contribution is -0.170. The van der Waals surface area contributed by atoms with Crippen molar-refractivity contribution < 1.29 is 28.5 Å². The monoisotopic (exact) mass is 602 g/mol. The zero-order valence-electron chi connectivity index (χ0n) is 24.0. The SMILES string of the molecule is CCOC(=O)C1OC(C)(C)OC1c1cc2c(cc1OC)CCn1c3c(c(Br)c1-2)CCCCN(C(C)(C)C)C3=O. The second-order valence-electron chi connectivity index (χ2n) is 12.0. The molecule has 1 aromatic heterocycles. The lowest BCUT2D eigenvalue weighted by Crippen LogP contribution is -2.47. The number of nitrogens with zero attached hydrogens (tertiary/aromatic N) is 2. The van der Waals surface area contributed by atoms with E-state index in [4.69, 9.17) is 18.9 Å². The van der Waals surface area contributed by atoms with Crippen LogP contribution in [0.3, 0.4) is 0 Å². The molecule has 9 heteroatoms. The topological polar surface area (TPSA) is 79.2 Å². The number of aryl methyl sites for hydroxylation is 1. The minimum atomic E-state index is -0.970. The highest BCUT2D eigenvalue weighted by Gasteiger charge is 2.48. The summed E-state index contributed by atoms with van der Waals surface area (Å²) in [5, 5.41) is 0. The van der Waals surface area contributed by atoms with Gasteiger partial charge in [-0.05, 0) is 106 Å². The number of benzene rings is 1. The highest BCUT2D eigenvalue weighted by molar-refractivity contribution is 9.10. The van der Waals surface area contributed by atoms with Gasteiger partial charge in [0.2, 0.25) is 0 Å². The molecule has 8 nitrogen and oxygen atoms in total. The van der Waals surface area contributed by atoms with E-state index in [1.807, 2.05) is 17.0 Å². The molecule has 39 heavy (non-hydrogen) atoms. The zero-order valence-corrected chi connectivity index (χ0v) is 25.6. The van der Waals surface area contributed by atoms with Crippen molar-refractivity contribution in [2.24, 2.45) is 0 Å². The van der Waals surface area contributed by atoms with Gasteiger partial charge in [0.05, 0.1) is 19.4 Å². The molecule has 1 amide bonds. The highest BCUT2D eigenvalue weighted by atomic mass is 79.9. The Balaban J connectivity index is 1.67. The Hall–Kier alpha value is -2.36. The number of aromatic nitrogens is 1. The number of carbonyl (C=O) groups is 2. The third kappa shape index (κ3) is 4.91. The van der Waals surface area contributed by atoms with Crippen LogP contribution in [-0.2, 0) is 38.4 Å². The second-order valence-corrected chi connectivity index (χ2v) is 12.7. The van der Waals surface area contributed by atoms with Gasteiger partial charge in [-0.1, -0.05) is 0 Å². The molecular formula is C30H39BrN2O6. The summed E-state index contributed by atoms with van der Waals surface area (Å²) in [6, 6.07) is 4.08. The molecule has 1 aromatic carbocycles. The number of hydrogen-bond donors (Lipinski definition) is 0. The van der Waals surface area contributed by atoms with E-state index in [-0.39, 0.29) is 18.1 Å². The first-order valence-electron chi connectivity index (χ1n) is 13.8. The number of hydrogen-bond acceptors (Lipinski definition) is 6. The normalized spacial score (nSPS) is 22.5. The maximum atomic E-state index is 14.0. The van der Waals surface area contributed by atoms with Crippen molar-refractivity contribution in [1.82, 2.24) is 9.47 Å². The molecule has 2 atom stereocenters. The fourth-order valence-electron chi connectivity index (χ4n) is 6.12. The molecule has 2 unspecified atom stereocenters. The first-order valence-corrected chi connectivity index (χ1v) is 14.6. The van der Waals surface area contributed by atoms with Gasteiger partial charge < -0.3 is 28.4 Å². The maximum Gasteiger partial charge on any atom is 0.338 e. The van der Waals surface area contributed by atoms with Crippen LogP contribution in [0.15, 0.2) is 16.6 Å². The summed E-state index contributed by atoms with van der Waals surface area (Å²) in [5.41, 5.74) is 5.41. The number of halogens is 1. The minimum absolute atomic E-state index is 0.0815. The van der Waals surface area contributed by atoms with Gasteiger partial charge in [-0.25, -0.2) is 4.79 Å². The molecule has 0 bridgehead atoms. The number of ether oxygens (including phenoxy) is 4. The van der Waals surface area contributed by atoms with E-state index in [0.29, 0.717) is 12.3 Å². The van der Waals surface area contributed by atoms with Crippen LogP contribution in [0.5, 0.6) is 5.75 Å². The first kappa shape index (κ1) is 28.2. The average molecular weight is 604 g/mol. The van der Waals surface area contributed by atoms with Gasteiger partial charge in [-0.3, -0.25) is 4.79 Å². The first-order chi connectivity index (χ1) is 18.4. The smallest absolute Gasteiger partial charge is 0.338 e. The molecule has 0 N–H and O–H groups in total. The molecule has 0 aliphatic carbocycles. The van der Waals surface area contributed by atoms with Gasteiger partial charge in [0.25, 0.3) is 5.91 Å². The second kappa shape index (κ2) is 10.2. The quantitative estimate of drug-likeness (QED) is 0.411. The summed E-state index contributed by atoms with van der Waals surface area (Å²) >= 11 is 3.92. The molecule has 2 aromatic rings. The summed E-state index contributed by atoms with van der Waals surface area (Å²) in [6.45, 7) is 13.3. The molecule has 0 radical (unpaired) electrons. The van der Waals surface area contributed by atoms with Crippen LogP contribution < -0.4 is 4.74 Å². The molecule has 212 valence electrons. The van der Waals surface area contributed by atoms with Gasteiger partial charge in [0.15, 0.2) is 11.9 Å². The van der Waals surface area contributed by atoms with E-state index in [2.05, 4.69) is 41.3 Å². The number of carbonyl (C=O) groups excluding carboxylic acids is 2. The van der Waals surface area contributed by atoms with Crippen LogP contribution in [-0.4, -0.2) is 59.0 Å². The molecule has 1 fully saturated rings. The number of fused-ring (bicyclic) bond motifs is 5.